The standard InChI is InChI=1S/C21H21N3O3S2/c1-14-4-6-16(7-5-14)13-28-21-24-23-20(29-21)22-19(25)11-9-15-8-10-17(26-2)18(12-15)27-3/h4-12H,13H2,1-3H3,(H,22,23,25)/b11-9+. The molecule has 8 heteroatoms. The van der Waals surface area contributed by atoms with Gasteiger partial charge in [-0.1, -0.05) is 59.0 Å². The van der Waals surface area contributed by atoms with E-state index in [0.717, 1.165) is 15.7 Å². The Morgan fingerprint density at radius 2 is 1.86 bits per heavy atom. The molecule has 3 aromatic rings. The molecule has 0 radical (unpaired) electrons. The molecule has 29 heavy (non-hydrogen) atoms. The molecule has 0 aliphatic heterocycles. The molecule has 6 nitrogen and oxygen atoms in total. The molecule has 0 saturated heterocycles. The Bertz CT molecular complexity index is 1000. The molecule has 1 N–H and O–H groups in total. The van der Waals surface area contributed by atoms with Crippen LogP contribution in [0.4, 0.5) is 5.13 Å². The van der Waals surface area contributed by atoms with Crippen molar-refractivity contribution in [3.8, 4) is 11.5 Å². The Morgan fingerprint density at radius 1 is 1.10 bits per heavy atom. The third kappa shape index (κ3) is 6.07. The zero-order valence-corrected chi connectivity index (χ0v) is 18.0. The third-order valence-electron chi connectivity index (χ3n) is 3.95. The van der Waals surface area contributed by atoms with Crippen LogP contribution in [-0.4, -0.2) is 30.3 Å². The van der Waals surface area contributed by atoms with Crippen LogP contribution in [-0.2, 0) is 10.5 Å². The van der Waals surface area contributed by atoms with E-state index in [2.05, 4.69) is 46.7 Å². The lowest BCUT2D eigenvalue weighted by atomic mass is 10.2. The second kappa shape index (κ2) is 10.1. The molecule has 150 valence electrons. The van der Waals surface area contributed by atoms with Gasteiger partial charge in [0.2, 0.25) is 11.0 Å². The zero-order chi connectivity index (χ0) is 20.6. The highest BCUT2D eigenvalue weighted by molar-refractivity contribution is 8.00. The highest BCUT2D eigenvalue weighted by Gasteiger charge is 2.08. The first kappa shape index (κ1) is 20.9. The molecule has 0 aliphatic carbocycles. The molecule has 1 amide bonds. The summed E-state index contributed by atoms with van der Waals surface area (Å²) >= 11 is 2.95. The van der Waals surface area contributed by atoms with E-state index in [9.17, 15) is 4.79 Å². The summed E-state index contributed by atoms with van der Waals surface area (Å²) in [6.07, 6.45) is 3.15. The van der Waals surface area contributed by atoms with Gasteiger partial charge in [0, 0.05) is 11.8 Å². The van der Waals surface area contributed by atoms with E-state index in [-0.39, 0.29) is 5.91 Å². The van der Waals surface area contributed by atoms with Crippen molar-refractivity contribution >= 4 is 40.2 Å². The van der Waals surface area contributed by atoms with E-state index in [4.69, 9.17) is 9.47 Å². The fourth-order valence-corrected chi connectivity index (χ4v) is 4.13. The highest BCUT2D eigenvalue weighted by atomic mass is 32.2. The zero-order valence-electron chi connectivity index (χ0n) is 16.3. The smallest absolute Gasteiger partial charge is 0.250 e. The number of amides is 1. The van der Waals surface area contributed by atoms with Gasteiger partial charge >= 0.3 is 0 Å². The molecule has 0 unspecified atom stereocenters. The van der Waals surface area contributed by atoms with Crippen molar-refractivity contribution in [2.75, 3.05) is 19.5 Å². The second-order valence-corrected chi connectivity index (χ2v) is 8.28. The average Bonchev–Trinajstić information content (AvgIpc) is 3.18. The van der Waals surface area contributed by atoms with Crippen LogP contribution < -0.4 is 14.8 Å². The van der Waals surface area contributed by atoms with E-state index in [0.29, 0.717) is 16.6 Å². The molecule has 0 bridgehead atoms. The maximum atomic E-state index is 12.2. The SMILES string of the molecule is COc1ccc(/C=C/C(=O)Nc2nnc(SCc3ccc(C)cc3)s2)cc1OC. The molecule has 0 fully saturated rings. The molecule has 0 aliphatic rings. The van der Waals surface area contributed by atoms with Crippen LogP contribution in [0.1, 0.15) is 16.7 Å². The van der Waals surface area contributed by atoms with Crippen LogP contribution in [0.2, 0.25) is 0 Å². The van der Waals surface area contributed by atoms with Crippen LogP contribution in [0.5, 0.6) is 11.5 Å². The normalized spacial score (nSPS) is 10.9. The summed E-state index contributed by atoms with van der Waals surface area (Å²) in [7, 11) is 3.15. The fraction of sp³-hybridized carbons (Fsp3) is 0.190. The van der Waals surface area contributed by atoms with Crippen LogP contribution in [0.25, 0.3) is 6.08 Å². The number of hydrogen-bond donors (Lipinski definition) is 1. The Kier molecular flexibility index (Phi) is 7.26. The summed E-state index contributed by atoms with van der Waals surface area (Å²) < 4.78 is 11.3. The highest BCUT2D eigenvalue weighted by Crippen LogP contribution is 2.29. The van der Waals surface area contributed by atoms with Gasteiger partial charge in [-0.3, -0.25) is 10.1 Å². The van der Waals surface area contributed by atoms with Gasteiger partial charge in [0.1, 0.15) is 0 Å². The lowest BCUT2D eigenvalue weighted by Crippen LogP contribution is -2.07. The van der Waals surface area contributed by atoms with Crippen molar-refractivity contribution in [1.29, 1.82) is 0 Å². The van der Waals surface area contributed by atoms with Gasteiger partial charge in [-0.25, -0.2) is 0 Å². The minimum atomic E-state index is -0.272. The summed E-state index contributed by atoms with van der Waals surface area (Å²) in [5.41, 5.74) is 3.28. The fourth-order valence-electron chi connectivity index (χ4n) is 2.42. The number of benzene rings is 2. The van der Waals surface area contributed by atoms with Crippen LogP contribution >= 0.6 is 23.1 Å². The van der Waals surface area contributed by atoms with Gasteiger partial charge in [0.15, 0.2) is 15.8 Å². The molecule has 0 atom stereocenters. The maximum Gasteiger partial charge on any atom is 0.250 e. The van der Waals surface area contributed by atoms with Crippen molar-refractivity contribution in [3.63, 3.8) is 0 Å². The Morgan fingerprint density at radius 3 is 2.59 bits per heavy atom. The first-order valence-corrected chi connectivity index (χ1v) is 10.6. The minimum Gasteiger partial charge on any atom is -0.493 e. The molecule has 3 rings (SSSR count). The van der Waals surface area contributed by atoms with E-state index in [1.54, 1.807) is 44.2 Å². The van der Waals surface area contributed by atoms with Gasteiger partial charge < -0.3 is 9.47 Å². The van der Waals surface area contributed by atoms with E-state index < -0.39 is 0 Å². The number of aromatic nitrogens is 2. The van der Waals surface area contributed by atoms with Crippen LogP contribution in [0.15, 0.2) is 52.9 Å². The van der Waals surface area contributed by atoms with Crippen molar-refractivity contribution < 1.29 is 14.3 Å². The Hall–Kier alpha value is -2.84. The van der Waals surface area contributed by atoms with Crippen LogP contribution in [0.3, 0.4) is 0 Å². The van der Waals surface area contributed by atoms with Gasteiger partial charge in [-0.15, -0.1) is 10.2 Å². The van der Waals surface area contributed by atoms with E-state index in [1.807, 2.05) is 6.07 Å². The van der Waals surface area contributed by atoms with Crippen LogP contribution in [0, 0.1) is 6.92 Å². The summed E-state index contributed by atoms with van der Waals surface area (Å²) in [5.74, 6) is 1.78. The second-order valence-electron chi connectivity index (χ2n) is 6.08. The first-order chi connectivity index (χ1) is 14.1. The number of hydrogen-bond acceptors (Lipinski definition) is 7. The average molecular weight is 428 g/mol. The third-order valence-corrected chi connectivity index (χ3v) is 6.00. The lowest BCUT2D eigenvalue weighted by molar-refractivity contribution is -0.111. The van der Waals surface area contributed by atoms with Crippen molar-refractivity contribution in [2.45, 2.75) is 17.0 Å². The van der Waals surface area contributed by atoms with Crippen molar-refractivity contribution in [3.05, 3.63) is 65.2 Å². The van der Waals surface area contributed by atoms with Gasteiger partial charge in [0.05, 0.1) is 14.2 Å². The number of rotatable bonds is 8. The Balaban J connectivity index is 1.54. The van der Waals surface area contributed by atoms with Crippen molar-refractivity contribution in [1.82, 2.24) is 10.2 Å². The number of aryl methyl sites for hydroxylation is 1. The molecule has 2 aromatic carbocycles. The number of nitrogens with one attached hydrogen (secondary N) is 1. The lowest BCUT2D eigenvalue weighted by Gasteiger charge is -2.07. The van der Waals surface area contributed by atoms with Gasteiger partial charge in [-0.05, 0) is 36.3 Å². The molecule has 1 aromatic heterocycles. The summed E-state index contributed by atoms with van der Waals surface area (Å²) in [4.78, 5) is 12.2. The number of carbonyl (C=O) groups is 1. The van der Waals surface area contributed by atoms with Gasteiger partial charge in [-0.2, -0.15) is 0 Å². The predicted octanol–water partition coefficient (Wildman–Crippen LogP) is 4.81. The van der Waals surface area contributed by atoms with Crippen molar-refractivity contribution in [2.24, 2.45) is 0 Å². The summed E-state index contributed by atoms with van der Waals surface area (Å²) in [5, 5.41) is 11.4. The molecular formula is C21H21N3O3S2. The molecule has 0 saturated carbocycles. The number of anilines is 1. The molecule has 1 heterocycles. The van der Waals surface area contributed by atoms with E-state index in [1.165, 1.54) is 28.5 Å². The van der Waals surface area contributed by atoms with Gasteiger partial charge in [0.25, 0.3) is 0 Å². The topological polar surface area (TPSA) is 73.3 Å². The number of ether oxygens (including phenoxy) is 2. The minimum absolute atomic E-state index is 0.272. The number of nitrogens with zero attached hydrogens (tertiary/aromatic N) is 2. The van der Waals surface area contributed by atoms with E-state index >= 15 is 0 Å². The summed E-state index contributed by atoms with van der Waals surface area (Å²) in [6, 6.07) is 13.8. The monoisotopic (exact) mass is 427 g/mol. The quantitative estimate of drug-likeness (QED) is 0.316. The molecular weight excluding hydrogens is 406 g/mol. The number of thioether (sulfide) groups is 1. The molecule has 0 spiro atoms. The summed E-state index contributed by atoms with van der Waals surface area (Å²) in [6.45, 7) is 2.07. The Labute approximate surface area is 178 Å². The maximum absolute atomic E-state index is 12.2. The largest absolute Gasteiger partial charge is 0.493 e. The number of carbonyl (C=O) groups excluding carboxylic acids is 1. The first-order valence-electron chi connectivity index (χ1n) is 8.80. The number of methoxy groups -OCH3 is 2. The predicted molar refractivity (Wildman–Crippen MR) is 118 cm³/mol.